The Morgan fingerprint density at radius 2 is 1.83 bits per heavy atom. The molecule has 0 saturated heterocycles. The SMILES string of the molecule is Cc1c[c-]c(C(F)(F)F)cc1.[K+]. The predicted octanol–water partition coefficient (Wildman–Crippen LogP) is -0.182. The van der Waals surface area contributed by atoms with Gasteiger partial charge in [-0.1, -0.05) is 12.5 Å². The maximum absolute atomic E-state index is 11.9. The van der Waals surface area contributed by atoms with Crippen LogP contribution in [0, 0.1) is 13.0 Å². The topological polar surface area (TPSA) is 0 Å². The van der Waals surface area contributed by atoms with E-state index in [4.69, 9.17) is 0 Å². The first kappa shape index (κ1) is 12.6. The fourth-order valence-electron chi connectivity index (χ4n) is 0.679. The zero-order valence-corrected chi connectivity index (χ0v) is 9.99. The fourth-order valence-corrected chi connectivity index (χ4v) is 0.679. The number of hydrogen-bond donors (Lipinski definition) is 0. The monoisotopic (exact) mass is 198 g/mol. The average molecular weight is 198 g/mol. The zero-order chi connectivity index (χ0) is 8.48. The molecule has 0 aliphatic carbocycles. The number of hydrogen-bond acceptors (Lipinski definition) is 0. The van der Waals surface area contributed by atoms with Crippen molar-refractivity contribution in [3.63, 3.8) is 0 Å². The second-order valence-electron chi connectivity index (χ2n) is 2.28. The van der Waals surface area contributed by atoms with Crippen molar-refractivity contribution in [1.82, 2.24) is 0 Å². The van der Waals surface area contributed by atoms with Gasteiger partial charge in [-0.3, -0.25) is 0 Å². The number of alkyl halides is 3. The Bertz CT molecular complexity index is 237. The minimum absolute atomic E-state index is 0. The third-order valence-electron chi connectivity index (χ3n) is 1.27. The van der Waals surface area contributed by atoms with Crippen LogP contribution in [0.1, 0.15) is 11.1 Å². The largest absolute Gasteiger partial charge is 1.00 e. The molecule has 0 nitrogen and oxygen atoms in total. The molecular formula is C8H6F3K. The van der Waals surface area contributed by atoms with Crippen LogP contribution in [0.25, 0.3) is 0 Å². The summed E-state index contributed by atoms with van der Waals surface area (Å²) in [7, 11) is 0. The molecule has 60 valence electrons. The van der Waals surface area contributed by atoms with E-state index in [0.717, 1.165) is 11.6 Å². The van der Waals surface area contributed by atoms with Crippen LogP contribution in [0.15, 0.2) is 18.2 Å². The summed E-state index contributed by atoms with van der Waals surface area (Å²) in [5.41, 5.74) is 0.0566. The van der Waals surface area contributed by atoms with Crippen LogP contribution in [-0.4, -0.2) is 0 Å². The summed E-state index contributed by atoms with van der Waals surface area (Å²) in [5, 5.41) is 0. The van der Waals surface area contributed by atoms with Crippen LogP contribution in [0.4, 0.5) is 13.2 Å². The minimum atomic E-state index is -4.27. The third kappa shape index (κ3) is 3.58. The van der Waals surface area contributed by atoms with Crippen molar-refractivity contribution < 1.29 is 64.6 Å². The molecular weight excluding hydrogens is 192 g/mol. The summed E-state index contributed by atoms with van der Waals surface area (Å²) in [6.45, 7) is 1.72. The van der Waals surface area contributed by atoms with Gasteiger partial charge in [0.1, 0.15) is 0 Å². The molecule has 0 aliphatic rings. The van der Waals surface area contributed by atoms with Gasteiger partial charge in [0.05, 0.1) is 0 Å². The molecule has 0 aromatic heterocycles. The van der Waals surface area contributed by atoms with Crippen molar-refractivity contribution in [3.8, 4) is 0 Å². The van der Waals surface area contributed by atoms with Crippen LogP contribution in [0.3, 0.4) is 0 Å². The molecule has 0 unspecified atom stereocenters. The van der Waals surface area contributed by atoms with Gasteiger partial charge < -0.3 is 0 Å². The zero-order valence-electron chi connectivity index (χ0n) is 6.87. The van der Waals surface area contributed by atoms with Crippen molar-refractivity contribution in [3.05, 3.63) is 35.4 Å². The number of halogens is 3. The molecule has 0 spiro atoms. The van der Waals surface area contributed by atoms with Crippen molar-refractivity contribution >= 4 is 0 Å². The first-order chi connectivity index (χ1) is 5.00. The summed E-state index contributed by atoms with van der Waals surface area (Å²) in [6.07, 6.45) is -4.27. The van der Waals surface area contributed by atoms with Gasteiger partial charge in [0.2, 0.25) is 0 Å². The molecule has 0 amide bonds. The standard InChI is InChI=1S/C8H6F3.K/c1-6-2-4-7(5-3-6)8(9,10)11;/h2-4H,1H3;/q-1;+1. The molecule has 0 fully saturated rings. The molecule has 0 N–H and O–H groups in total. The van der Waals surface area contributed by atoms with Crippen LogP contribution >= 0.6 is 0 Å². The second-order valence-corrected chi connectivity index (χ2v) is 2.28. The Hall–Kier alpha value is 0.646. The number of benzene rings is 1. The summed E-state index contributed by atoms with van der Waals surface area (Å²) in [5.74, 6) is 0. The number of aryl methyl sites for hydroxylation is 1. The first-order valence-corrected chi connectivity index (χ1v) is 3.05. The molecule has 0 heterocycles. The Morgan fingerprint density at radius 1 is 1.25 bits per heavy atom. The van der Waals surface area contributed by atoms with Crippen molar-refractivity contribution in [2.45, 2.75) is 13.1 Å². The molecule has 0 aliphatic heterocycles. The molecule has 12 heavy (non-hydrogen) atoms. The van der Waals surface area contributed by atoms with Gasteiger partial charge in [0.15, 0.2) is 0 Å². The molecule has 1 rings (SSSR count). The van der Waals surface area contributed by atoms with E-state index >= 15 is 0 Å². The Balaban J connectivity index is 0.00000121. The van der Waals surface area contributed by atoms with Crippen LogP contribution in [0.5, 0.6) is 0 Å². The number of rotatable bonds is 0. The van der Waals surface area contributed by atoms with E-state index in [1.54, 1.807) is 6.92 Å². The molecule has 0 atom stereocenters. The van der Waals surface area contributed by atoms with Gasteiger partial charge in [0, 0.05) is 0 Å². The van der Waals surface area contributed by atoms with Crippen molar-refractivity contribution in [1.29, 1.82) is 0 Å². The van der Waals surface area contributed by atoms with E-state index in [2.05, 4.69) is 6.07 Å². The first-order valence-electron chi connectivity index (χ1n) is 3.05. The molecule has 0 radical (unpaired) electrons. The van der Waals surface area contributed by atoms with Gasteiger partial charge in [-0.05, 0) is 0 Å². The van der Waals surface area contributed by atoms with Crippen LogP contribution < -0.4 is 51.4 Å². The normalized spacial score (nSPS) is 10.7. The third-order valence-corrected chi connectivity index (χ3v) is 1.27. The predicted molar refractivity (Wildman–Crippen MR) is 35.0 cm³/mol. The van der Waals surface area contributed by atoms with E-state index in [1.165, 1.54) is 12.1 Å². The van der Waals surface area contributed by atoms with Gasteiger partial charge in [-0.15, -0.1) is 0 Å². The Labute approximate surface area is 112 Å². The molecule has 4 heteroatoms. The van der Waals surface area contributed by atoms with E-state index in [-0.39, 0.29) is 51.4 Å². The van der Waals surface area contributed by atoms with E-state index in [0.29, 0.717) is 0 Å². The van der Waals surface area contributed by atoms with Gasteiger partial charge >= 0.3 is 57.6 Å². The van der Waals surface area contributed by atoms with E-state index in [1.807, 2.05) is 0 Å². The fraction of sp³-hybridized carbons (Fsp3) is 0.250. The average Bonchev–Trinajstić information content (AvgIpc) is 1.86. The summed E-state index contributed by atoms with van der Waals surface area (Å²) in [4.78, 5) is 0. The van der Waals surface area contributed by atoms with Crippen LogP contribution in [0.2, 0.25) is 0 Å². The van der Waals surface area contributed by atoms with E-state index in [9.17, 15) is 13.2 Å². The molecule has 0 saturated carbocycles. The van der Waals surface area contributed by atoms with Crippen LogP contribution in [-0.2, 0) is 6.18 Å². The molecule has 0 bridgehead atoms. The summed E-state index contributed by atoms with van der Waals surface area (Å²) in [6, 6.07) is 5.91. The molecule has 1 aromatic carbocycles. The summed E-state index contributed by atoms with van der Waals surface area (Å²) >= 11 is 0. The quantitative estimate of drug-likeness (QED) is 0.401. The second kappa shape index (κ2) is 4.76. The Kier molecular flexibility index (Phi) is 5.02. The van der Waals surface area contributed by atoms with E-state index < -0.39 is 11.7 Å². The maximum Gasteiger partial charge on any atom is 1.00 e. The molecule has 1 aromatic rings. The van der Waals surface area contributed by atoms with Gasteiger partial charge in [0.25, 0.3) is 0 Å². The minimum Gasteiger partial charge on any atom is -0.173 e. The van der Waals surface area contributed by atoms with Crippen molar-refractivity contribution in [2.24, 2.45) is 0 Å². The smallest absolute Gasteiger partial charge is 0.173 e. The summed E-state index contributed by atoms with van der Waals surface area (Å²) < 4.78 is 35.7. The van der Waals surface area contributed by atoms with Crippen molar-refractivity contribution in [2.75, 3.05) is 0 Å². The Morgan fingerprint density at radius 3 is 2.17 bits per heavy atom. The van der Waals surface area contributed by atoms with Gasteiger partial charge in [-0.2, -0.15) is 43.0 Å². The van der Waals surface area contributed by atoms with Gasteiger partial charge in [-0.25, -0.2) is 0 Å². The maximum atomic E-state index is 11.9.